The fraction of sp³-hybridized carbons (Fsp3) is 0.526. The number of carbonyl (C=O) groups is 3. The van der Waals surface area contributed by atoms with Gasteiger partial charge in [0.1, 0.15) is 5.75 Å². The van der Waals surface area contributed by atoms with Gasteiger partial charge in [0.15, 0.2) is 0 Å². The summed E-state index contributed by atoms with van der Waals surface area (Å²) in [5.74, 6) is -0.970. The molecule has 2 atom stereocenters. The van der Waals surface area contributed by atoms with Gasteiger partial charge in [-0.3, -0.25) is 14.5 Å². The van der Waals surface area contributed by atoms with Crippen LogP contribution in [-0.4, -0.2) is 102 Å². The molecule has 1 aromatic rings. The van der Waals surface area contributed by atoms with E-state index in [0.29, 0.717) is 44.2 Å². The van der Waals surface area contributed by atoms with Crippen molar-refractivity contribution in [2.75, 3.05) is 46.5 Å². The molecule has 1 aromatic carbocycles. The Kier molecular flexibility index (Phi) is 8.37. The summed E-state index contributed by atoms with van der Waals surface area (Å²) in [7, 11) is 1.44. The summed E-state index contributed by atoms with van der Waals surface area (Å²) >= 11 is 0. The number of nitrogens with zero attached hydrogens (tertiary/aromatic N) is 2. The van der Waals surface area contributed by atoms with Gasteiger partial charge in [-0.15, -0.1) is 0 Å². The zero-order valence-corrected chi connectivity index (χ0v) is 16.2. The smallest absolute Gasteiger partial charge is 0.335 e. The number of hydrogen-bond acceptors (Lipinski definition) is 7. The van der Waals surface area contributed by atoms with Gasteiger partial charge in [-0.2, -0.15) is 0 Å². The second kappa shape index (κ2) is 10.7. The molecule has 2 heterocycles. The minimum absolute atomic E-state index is 0.0235. The lowest BCUT2D eigenvalue weighted by molar-refractivity contribution is -0.122. The van der Waals surface area contributed by atoms with Crippen molar-refractivity contribution in [3.63, 3.8) is 0 Å². The van der Waals surface area contributed by atoms with Crippen LogP contribution in [-0.2, 0) is 9.53 Å². The molecule has 2 saturated heterocycles. The minimum Gasteiger partial charge on any atom is -0.497 e. The Morgan fingerprint density at radius 3 is 2.41 bits per heavy atom. The van der Waals surface area contributed by atoms with Crippen LogP contribution in [0.25, 0.3) is 0 Å². The number of carboxylic acid groups (broad SMARTS) is 2. The molecule has 3 N–H and O–H groups in total. The summed E-state index contributed by atoms with van der Waals surface area (Å²) < 4.78 is 10.4. The second-order valence-corrected chi connectivity index (χ2v) is 6.71. The molecular weight excluding hydrogens is 384 g/mol. The number of carboxylic acids is 1. The van der Waals surface area contributed by atoms with E-state index < -0.39 is 12.1 Å². The number of carbonyl (C=O) groups excluding carboxylic acids is 1. The maximum absolute atomic E-state index is 12.9. The highest BCUT2D eigenvalue weighted by atomic mass is 16.5. The maximum Gasteiger partial charge on any atom is 0.335 e. The molecule has 2 aliphatic rings. The van der Waals surface area contributed by atoms with E-state index in [1.807, 2.05) is 0 Å². The van der Waals surface area contributed by atoms with Crippen LogP contribution in [0, 0.1) is 0 Å². The Morgan fingerprint density at radius 2 is 1.83 bits per heavy atom. The van der Waals surface area contributed by atoms with Gasteiger partial charge < -0.3 is 29.7 Å². The third kappa shape index (κ3) is 5.89. The molecule has 0 aromatic heterocycles. The molecule has 0 spiro atoms. The van der Waals surface area contributed by atoms with Gasteiger partial charge in [-0.25, -0.2) is 4.79 Å². The van der Waals surface area contributed by atoms with Gasteiger partial charge in [0.2, 0.25) is 0 Å². The van der Waals surface area contributed by atoms with Crippen molar-refractivity contribution in [1.82, 2.24) is 9.80 Å². The van der Waals surface area contributed by atoms with E-state index in [2.05, 4.69) is 4.90 Å². The number of aliphatic hydroxyl groups is 1. The molecule has 1 amide bonds. The first-order chi connectivity index (χ1) is 13.9. The third-order valence-electron chi connectivity index (χ3n) is 4.94. The van der Waals surface area contributed by atoms with Crippen molar-refractivity contribution in [3.05, 3.63) is 29.3 Å². The predicted molar refractivity (Wildman–Crippen MR) is 101 cm³/mol. The average Bonchev–Trinajstić information content (AvgIpc) is 2.99. The first-order valence-corrected chi connectivity index (χ1v) is 9.20. The van der Waals surface area contributed by atoms with Gasteiger partial charge in [-0.1, -0.05) is 0 Å². The molecule has 3 rings (SSSR count). The van der Waals surface area contributed by atoms with E-state index in [-0.39, 0.29) is 24.0 Å². The number of ether oxygens (including phenoxy) is 2. The van der Waals surface area contributed by atoms with E-state index in [1.165, 1.54) is 19.2 Å². The molecular formula is C19H26N2O8. The monoisotopic (exact) mass is 410 g/mol. The van der Waals surface area contributed by atoms with Crippen LogP contribution >= 0.6 is 0 Å². The zero-order chi connectivity index (χ0) is 21.4. The third-order valence-corrected chi connectivity index (χ3v) is 4.94. The largest absolute Gasteiger partial charge is 0.497 e. The minimum atomic E-state index is -1.10. The molecule has 0 unspecified atom stereocenters. The van der Waals surface area contributed by atoms with Gasteiger partial charge in [0.05, 0.1) is 38.0 Å². The van der Waals surface area contributed by atoms with Crippen molar-refractivity contribution in [3.8, 4) is 5.75 Å². The Hall–Kier alpha value is -2.69. The Balaban J connectivity index is 0.000000941. The molecule has 0 bridgehead atoms. The fourth-order valence-electron chi connectivity index (χ4n) is 3.50. The summed E-state index contributed by atoms with van der Waals surface area (Å²) in [4.78, 5) is 36.4. The van der Waals surface area contributed by atoms with Gasteiger partial charge in [-0.05, 0) is 24.6 Å². The van der Waals surface area contributed by atoms with Crippen LogP contribution in [0.5, 0.6) is 5.75 Å². The van der Waals surface area contributed by atoms with Crippen molar-refractivity contribution < 1.29 is 39.2 Å². The van der Waals surface area contributed by atoms with E-state index in [4.69, 9.17) is 19.4 Å². The number of aliphatic hydroxyl groups excluding tert-OH is 1. The van der Waals surface area contributed by atoms with Crippen molar-refractivity contribution in [2.45, 2.75) is 18.6 Å². The standard InChI is InChI=1S/C18H24N2O6.CH2O2/c1-25-14-8-12(7-13(9-14)18(23)24)17(22)20-4-2-3-19(5-6-20)15-10-26-11-16(15)21;2-1-3/h7-9,15-16,21H,2-6,10-11H2,1H3,(H,23,24);1H,(H,2,3)/t15-,16-;/m0./s1. The normalized spacial score (nSPS) is 22.2. The highest BCUT2D eigenvalue weighted by Crippen LogP contribution is 2.21. The van der Waals surface area contributed by atoms with Crippen molar-refractivity contribution >= 4 is 18.3 Å². The molecule has 10 nitrogen and oxygen atoms in total. The van der Waals surface area contributed by atoms with Crippen LogP contribution < -0.4 is 4.74 Å². The Morgan fingerprint density at radius 1 is 1.14 bits per heavy atom. The summed E-state index contributed by atoms with van der Waals surface area (Å²) in [5, 5.41) is 26.1. The molecule has 10 heteroatoms. The van der Waals surface area contributed by atoms with Gasteiger partial charge in [0, 0.05) is 31.7 Å². The number of amides is 1. The first kappa shape index (κ1) is 22.6. The topological polar surface area (TPSA) is 137 Å². The Labute approximate surface area is 168 Å². The highest BCUT2D eigenvalue weighted by molar-refractivity contribution is 5.98. The molecule has 2 aliphatic heterocycles. The van der Waals surface area contributed by atoms with Crippen LogP contribution in [0.1, 0.15) is 27.1 Å². The van der Waals surface area contributed by atoms with Crippen molar-refractivity contribution in [2.24, 2.45) is 0 Å². The number of benzene rings is 1. The predicted octanol–water partition coefficient (Wildman–Crippen LogP) is 0.00180. The molecule has 0 saturated carbocycles. The summed E-state index contributed by atoms with van der Waals surface area (Å²) in [6.07, 6.45) is 0.291. The van der Waals surface area contributed by atoms with E-state index >= 15 is 0 Å². The quantitative estimate of drug-likeness (QED) is 0.586. The molecule has 0 aliphatic carbocycles. The van der Waals surface area contributed by atoms with Gasteiger partial charge in [0.25, 0.3) is 12.4 Å². The van der Waals surface area contributed by atoms with Crippen LogP contribution in [0.4, 0.5) is 0 Å². The molecule has 29 heavy (non-hydrogen) atoms. The van der Waals surface area contributed by atoms with E-state index in [9.17, 15) is 19.8 Å². The SMILES string of the molecule is COc1cc(C(=O)O)cc(C(=O)N2CCCN([C@H]3COC[C@@H]3O)CC2)c1.O=CO. The summed E-state index contributed by atoms with van der Waals surface area (Å²) in [6.45, 7) is 3.14. The van der Waals surface area contributed by atoms with E-state index in [1.54, 1.807) is 11.0 Å². The Bertz CT molecular complexity index is 726. The van der Waals surface area contributed by atoms with Crippen molar-refractivity contribution in [1.29, 1.82) is 0 Å². The fourth-order valence-corrected chi connectivity index (χ4v) is 3.50. The molecule has 0 radical (unpaired) electrons. The molecule has 2 fully saturated rings. The number of rotatable bonds is 4. The van der Waals surface area contributed by atoms with E-state index in [0.717, 1.165) is 13.0 Å². The maximum atomic E-state index is 12.9. The summed E-state index contributed by atoms with van der Waals surface area (Å²) in [6, 6.07) is 4.31. The van der Waals surface area contributed by atoms with Crippen LogP contribution in [0.2, 0.25) is 0 Å². The second-order valence-electron chi connectivity index (χ2n) is 6.71. The zero-order valence-electron chi connectivity index (χ0n) is 16.2. The number of hydrogen-bond donors (Lipinski definition) is 3. The number of aromatic carboxylic acids is 1. The molecule has 160 valence electrons. The number of methoxy groups -OCH3 is 1. The first-order valence-electron chi connectivity index (χ1n) is 9.20. The highest BCUT2D eigenvalue weighted by Gasteiger charge is 2.33. The summed E-state index contributed by atoms with van der Waals surface area (Å²) in [5.41, 5.74) is 0.329. The van der Waals surface area contributed by atoms with Crippen LogP contribution in [0.15, 0.2) is 18.2 Å². The average molecular weight is 410 g/mol. The van der Waals surface area contributed by atoms with Gasteiger partial charge >= 0.3 is 5.97 Å². The van der Waals surface area contributed by atoms with Crippen LogP contribution in [0.3, 0.4) is 0 Å². The lowest BCUT2D eigenvalue weighted by Crippen LogP contribution is -2.45. The lowest BCUT2D eigenvalue weighted by atomic mass is 10.1. The lowest BCUT2D eigenvalue weighted by Gasteiger charge is -2.28.